The molecule has 2 aliphatic rings. The fourth-order valence-electron chi connectivity index (χ4n) is 3.79. The van der Waals surface area contributed by atoms with Gasteiger partial charge in [0.2, 0.25) is 5.95 Å². The molecule has 7 heteroatoms. The predicted octanol–water partition coefficient (Wildman–Crippen LogP) is 2.55. The molecule has 1 fully saturated rings. The van der Waals surface area contributed by atoms with Crippen molar-refractivity contribution in [3.63, 3.8) is 0 Å². The number of thiophene rings is 1. The summed E-state index contributed by atoms with van der Waals surface area (Å²) in [6.07, 6.45) is 6.74. The van der Waals surface area contributed by atoms with Crippen LogP contribution in [-0.4, -0.2) is 40.7 Å². The molecule has 0 radical (unpaired) electrons. The standard InChI is InChI=1S/C19H24N4O2S/c24-11-13-4-7-23(8-5-13)19-20-10-15-16(2-1-3-17(15)22-19)21-18(25)14-6-9-26-12-14/h6,9-10,12-13,16,24H,1-5,7-8,11H2,(H,21,25)/t16-/m0/s1. The Balaban J connectivity index is 1.48. The second-order valence-electron chi connectivity index (χ2n) is 7.12. The average Bonchev–Trinajstić information content (AvgIpc) is 3.23. The maximum Gasteiger partial charge on any atom is 0.252 e. The lowest BCUT2D eigenvalue weighted by molar-refractivity contribution is 0.0933. The van der Waals surface area contributed by atoms with E-state index in [1.807, 2.05) is 23.0 Å². The summed E-state index contributed by atoms with van der Waals surface area (Å²) in [6.45, 7) is 2.05. The van der Waals surface area contributed by atoms with Gasteiger partial charge in [0.25, 0.3) is 5.91 Å². The van der Waals surface area contributed by atoms with Crippen molar-refractivity contribution in [2.45, 2.75) is 38.1 Å². The molecule has 0 unspecified atom stereocenters. The Kier molecular flexibility index (Phi) is 5.17. The van der Waals surface area contributed by atoms with E-state index in [0.29, 0.717) is 11.5 Å². The lowest BCUT2D eigenvalue weighted by Crippen LogP contribution is -2.36. The first-order valence-corrected chi connectivity index (χ1v) is 10.2. The number of hydrogen-bond acceptors (Lipinski definition) is 6. The third-order valence-corrected chi connectivity index (χ3v) is 6.10. The van der Waals surface area contributed by atoms with Crippen molar-refractivity contribution in [1.82, 2.24) is 15.3 Å². The van der Waals surface area contributed by atoms with Crippen LogP contribution >= 0.6 is 11.3 Å². The highest BCUT2D eigenvalue weighted by molar-refractivity contribution is 7.08. The van der Waals surface area contributed by atoms with Gasteiger partial charge in [0.15, 0.2) is 0 Å². The SMILES string of the molecule is O=C(N[C@H]1CCCc2nc(N3CCC(CO)CC3)ncc21)c1ccsc1. The van der Waals surface area contributed by atoms with E-state index in [1.165, 1.54) is 11.3 Å². The number of aryl methyl sites for hydroxylation is 1. The molecule has 3 heterocycles. The predicted molar refractivity (Wildman–Crippen MR) is 102 cm³/mol. The monoisotopic (exact) mass is 372 g/mol. The Hall–Kier alpha value is -1.99. The maximum absolute atomic E-state index is 12.4. The van der Waals surface area contributed by atoms with E-state index in [2.05, 4.69) is 15.2 Å². The van der Waals surface area contributed by atoms with Gasteiger partial charge in [-0.3, -0.25) is 4.79 Å². The Morgan fingerprint density at radius 3 is 2.92 bits per heavy atom. The van der Waals surface area contributed by atoms with Gasteiger partial charge >= 0.3 is 0 Å². The Bertz CT molecular complexity index is 757. The van der Waals surface area contributed by atoms with Gasteiger partial charge in [-0.05, 0) is 49.5 Å². The van der Waals surface area contributed by atoms with Gasteiger partial charge < -0.3 is 15.3 Å². The van der Waals surface area contributed by atoms with Crippen LogP contribution in [-0.2, 0) is 6.42 Å². The number of aliphatic hydroxyl groups excluding tert-OH is 1. The second-order valence-corrected chi connectivity index (χ2v) is 7.90. The van der Waals surface area contributed by atoms with Crippen LogP contribution in [0, 0.1) is 5.92 Å². The van der Waals surface area contributed by atoms with Gasteiger partial charge in [0.1, 0.15) is 0 Å². The third-order valence-electron chi connectivity index (χ3n) is 5.41. The molecule has 1 atom stereocenters. The Morgan fingerprint density at radius 2 is 2.19 bits per heavy atom. The molecule has 26 heavy (non-hydrogen) atoms. The van der Waals surface area contributed by atoms with Crippen LogP contribution in [0.3, 0.4) is 0 Å². The van der Waals surface area contributed by atoms with Crippen molar-refractivity contribution in [3.05, 3.63) is 39.8 Å². The molecule has 2 aromatic heterocycles. The van der Waals surface area contributed by atoms with Gasteiger partial charge in [0.05, 0.1) is 17.3 Å². The number of nitrogens with one attached hydrogen (secondary N) is 1. The van der Waals surface area contributed by atoms with Gasteiger partial charge in [0, 0.05) is 36.8 Å². The van der Waals surface area contributed by atoms with Crippen LogP contribution < -0.4 is 10.2 Å². The number of nitrogens with zero attached hydrogens (tertiary/aromatic N) is 3. The topological polar surface area (TPSA) is 78.4 Å². The van der Waals surface area contributed by atoms with Crippen molar-refractivity contribution >= 4 is 23.2 Å². The summed E-state index contributed by atoms with van der Waals surface area (Å²) in [5.74, 6) is 1.16. The number of hydrogen-bond donors (Lipinski definition) is 2. The average molecular weight is 372 g/mol. The fourth-order valence-corrected chi connectivity index (χ4v) is 4.43. The molecule has 2 N–H and O–H groups in total. The van der Waals surface area contributed by atoms with Gasteiger partial charge in [-0.2, -0.15) is 11.3 Å². The summed E-state index contributed by atoms with van der Waals surface area (Å²) in [7, 11) is 0. The molecule has 1 aliphatic carbocycles. The van der Waals surface area contributed by atoms with Crippen molar-refractivity contribution in [3.8, 4) is 0 Å². The minimum Gasteiger partial charge on any atom is -0.396 e. The number of fused-ring (bicyclic) bond motifs is 1. The van der Waals surface area contributed by atoms with Crippen LogP contribution in [0.4, 0.5) is 5.95 Å². The molecule has 1 aliphatic heterocycles. The van der Waals surface area contributed by atoms with E-state index in [-0.39, 0.29) is 18.6 Å². The van der Waals surface area contributed by atoms with Crippen LogP contribution in [0.1, 0.15) is 53.3 Å². The smallest absolute Gasteiger partial charge is 0.252 e. The van der Waals surface area contributed by atoms with Gasteiger partial charge in [-0.15, -0.1) is 0 Å². The van der Waals surface area contributed by atoms with E-state index in [9.17, 15) is 9.90 Å². The molecule has 0 bridgehead atoms. The van der Waals surface area contributed by atoms with E-state index in [4.69, 9.17) is 4.98 Å². The summed E-state index contributed by atoms with van der Waals surface area (Å²) in [6, 6.07) is 1.83. The summed E-state index contributed by atoms with van der Waals surface area (Å²) in [4.78, 5) is 24.0. The van der Waals surface area contributed by atoms with E-state index in [0.717, 1.165) is 62.4 Å². The minimum absolute atomic E-state index is 0.0136. The molecule has 2 aromatic rings. The van der Waals surface area contributed by atoms with Gasteiger partial charge in [-0.25, -0.2) is 9.97 Å². The number of anilines is 1. The lowest BCUT2D eigenvalue weighted by Gasteiger charge is -2.32. The number of carbonyl (C=O) groups is 1. The molecule has 6 nitrogen and oxygen atoms in total. The third kappa shape index (κ3) is 3.59. The van der Waals surface area contributed by atoms with Crippen LogP contribution in [0.5, 0.6) is 0 Å². The fraction of sp³-hybridized carbons (Fsp3) is 0.526. The molecule has 4 rings (SSSR count). The largest absolute Gasteiger partial charge is 0.396 e. The first-order chi connectivity index (χ1) is 12.7. The molecule has 1 saturated heterocycles. The van der Waals surface area contributed by atoms with E-state index < -0.39 is 0 Å². The summed E-state index contributed by atoms with van der Waals surface area (Å²) in [5.41, 5.74) is 2.82. The Labute approximate surface area is 157 Å². The normalized spacial score (nSPS) is 20.7. The quantitative estimate of drug-likeness (QED) is 0.862. The lowest BCUT2D eigenvalue weighted by atomic mass is 9.92. The number of carbonyl (C=O) groups excluding carboxylic acids is 1. The van der Waals surface area contributed by atoms with Crippen LogP contribution in [0.15, 0.2) is 23.0 Å². The zero-order chi connectivity index (χ0) is 17.9. The first kappa shape index (κ1) is 17.4. The number of amides is 1. The summed E-state index contributed by atoms with van der Waals surface area (Å²) < 4.78 is 0. The molecular weight excluding hydrogens is 348 g/mol. The molecular formula is C19H24N4O2S. The number of aromatic nitrogens is 2. The second kappa shape index (κ2) is 7.72. The van der Waals surface area contributed by atoms with Gasteiger partial charge in [-0.1, -0.05) is 0 Å². The summed E-state index contributed by atoms with van der Waals surface area (Å²) in [5, 5.41) is 16.2. The van der Waals surface area contributed by atoms with Crippen LogP contribution in [0.25, 0.3) is 0 Å². The van der Waals surface area contributed by atoms with Crippen molar-refractivity contribution < 1.29 is 9.90 Å². The minimum atomic E-state index is -0.0285. The molecule has 0 spiro atoms. The van der Waals surface area contributed by atoms with Crippen LogP contribution in [0.2, 0.25) is 0 Å². The number of aliphatic hydroxyl groups is 1. The first-order valence-electron chi connectivity index (χ1n) is 9.29. The molecule has 0 aromatic carbocycles. The summed E-state index contributed by atoms with van der Waals surface area (Å²) >= 11 is 1.53. The highest BCUT2D eigenvalue weighted by Gasteiger charge is 2.26. The van der Waals surface area contributed by atoms with Crippen molar-refractivity contribution in [2.75, 3.05) is 24.6 Å². The van der Waals surface area contributed by atoms with Crippen molar-refractivity contribution in [2.24, 2.45) is 5.92 Å². The zero-order valence-electron chi connectivity index (χ0n) is 14.7. The number of piperidine rings is 1. The maximum atomic E-state index is 12.4. The highest BCUT2D eigenvalue weighted by atomic mass is 32.1. The van der Waals surface area contributed by atoms with E-state index in [1.54, 1.807) is 0 Å². The Morgan fingerprint density at radius 1 is 1.35 bits per heavy atom. The molecule has 0 saturated carbocycles. The molecule has 138 valence electrons. The zero-order valence-corrected chi connectivity index (χ0v) is 15.5. The van der Waals surface area contributed by atoms with Crippen molar-refractivity contribution in [1.29, 1.82) is 0 Å². The highest BCUT2D eigenvalue weighted by Crippen LogP contribution is 2.30. The number of rotatable bonds is 4. The van der Waals surface area contributed by atoms with E-state index >= 15 is 0 Å². The molecule has 1 amide bonds.